The number of aliphatic hydroxyl groups excluding tert-OH is 1. The van der Waals surface area contributed by atoms with Gasteiger partial charge in [0.2, 0.25) is 11.5 Å². The van der Waals surface area contributed by atoms with Crippen LogP contribution in [-0.4, -0.2) is 72.3 Å². The lowest BCUT2D eigenvalue weighted by atomic mass is 9.81. The molecule has 0 fully saturated rings. The van der Waals surface area contributed by atoms with Gasteiger partial charge in [-0.05, 0) is 55.5 Å². The van der Waals surface area contributed by atoms with Crippen molar-refractivity contribution in [3.8, 4) is 28.5 Å². The van der Waals surface area contributed by atoms with Gasteiger partial charge < -0.3 is 35.5 Å². The third-order valence-corrected chi connectivity index (χ3v) is 7.33. The van der Waals surface area contributed by atoms with E-state index in [4.69, 9.17) is 25.1 Å². The maximum atomic E-state index is 14.6. The summed E-state index contributed by atoms with van der Waals surface area (Å²) in [5.41, 5.74) is -1.66. The fourth-order valence-corrected chi connectivity index (χ4v) is 4.44. The minimum Gasteiger partial charge on any atom is -0.493 e. The SMILES string of the molecule is COc1cc(C(=O)NCC(O)(c2cc3c(c(-c4ccc(F)cc4)n2)OC[C@]3(C)C(N)=O)C(F)(F)F)ccc1OC[C@H](O)C(F)(F)F. The van der Waals surface area contributed by atoms with E-state index in [1.165, 1.54) is 19.1 Å². The van der Waals surface area contributed by atoms with Gasteiger partial charge in [0.25, 0.3) is 5.91 Å². The molecule has 2 heterocycles. The van der Waals surface area contributed by atoms with E-state index in [9.17, 15) is 45.4 Å². The molecule has 0 radical (unpaired) electrons. The van der Waals surface area contributed by atoms with Crippen molar-refractivity contribution >= 4 is 11.8 Å². The van der Waals surface area contributed by atoms with Gasteiger partial charge in [-0.25, -0.2) is 9.37 Å². The Morgan fingerprint density at radius 3 is 2.30 bits per heavy atom. The van der Waals surface area contributed by atoms with Gasteiger partial charge in [-0.3, -0.25) is 9.59 Å². The quantitative estimate of drug-likeness (QED) is 0.241. The number of alkyl halides is 6. The van der Waals surface area contributed by atoms with Crippen LogP contribution in [0.1, 0.15) is 28.5 Å². The van der Waals surface area contributed by atoms with E-state index >= 15 is 0 Å². The first-order chi connectivity index (χ1) is 21.3. The zero-order valence-electron chi connectivity index (χ0n) is 23.9. The first-order valence-corrected chi connectivity index (χ1v) is 13.2. The fraction of sp³-hybridized carbons (Fsp3) is 0.345. The monoisotopic (exact) mass is 661 g/mol. The van der Waals surface area contributed by atoms with Crippen LogP contribution in [0, 0.1) is 5.82 Å². The second-order valence-corrected chi connectivity index (χ2v) is 10.5. The van der Waals surface area contributed by atoms with E-state index in [1.54, 1.807) is 0 Å². The summed E-state index contributed by atoms with van der Waals surface area (Å²) in [6.45, 7) is -1.76. The summed E-state index contributed by atoms with van der Waals surface area (Å²) in [6.07, 6.45) is -13.3. The van der Waals surface area contributed by atoms with Gasteiger partial charge in [-0.15, -0.1) is 0 Å². The maximum absolute atomic E-state index is 14.6. The Morgan fingerprint density at radius 1 is 1.09 bits per heavy atom. The first-order valence-electron chi connectivity index (χ1n) is 13.2. The van der Waals surface area contributed by atoms with Crippen LogP contribution in [0.15, 0.2) is 48.5 Å². The van der Waals surface area contributed by atoms with Crippen molar-refractivity contribution in [2.75, 3.05) is 26.9 Å². The van der Waals surface area contributed by atoms with Crippen molar-refractivity contribution in [2.24, 2.45) is 5.73 Å². The summed E-state index contributed by atoms with van der Waals surface area (Å²) < 4.78 is 111. The Kier molecular flexibility index (Phi) is 9.14. The third kappa shape index (κ3) is 6.50. The van der Waals surface area contributed by atoms with E-state index in [1.807, 2.05) is 5.32 Å². The molecule has 1 unspecified atom stereocenters. The number of nitrogens with two attached hydrogens (primary N) is 1. The van der Waals surface area contributed by atoms with Gasteiger partial charge in [0, 0.05) is 16.7 Å². The Balaban J connectivity index is 1.69. The number of methoxy groups -OCH3 is 1. The number of primary amides is 1. The van der Waals surface area contributed by atoms with Crippen LogP contribution >= 0.6 is 0 Å². The second kappa shape index (κ2) is 12.3. The Hall–Kier alpha value is -4.64. The molecule has 2 amide bonds. The number of hydrogen-bond donors (Lipinski definition) is 4. The minimum atomic E-state index is -5.47. The zero-order chi connectivity index (χ0) is 34.2. The van der Waals surface area contributed by atoms with Gasteiger partial charge in [-0.1, -0.05) is 0 Å². The standard InChI is InChI=1S/C29H26F7N3O7/c1-26(25(37)42)13-46-23-17(26)10-20(39-22(23)14-3-6-16(30)7-4-14)27(43,29(34,35)36)12-38-24(41)15-5-8-18(19(9-15)44-2)45-11-21(40)28(31,32)33/h3-10,21,40,43H,11-13H2,1-2H3,(H2,37,42)(H,38,41)/t21-,26-,27?/m0/s1. The topological polar surface area (TPSA) is 153 Å². The lowest BCUT2D eigenvalue weighted by molar-refractivity contribution is -0.265. The Morgan fingerprint density at radius 2 is 1.74 bits per heavy atom. The molecule has 1 aliphatic heterocycles. The van der Waals surface area contributed by atoms with Gasteiger partial charge in [0.15, 0.2) is 17.6 Å². The molecule has 5 N–H and O–H groups in total. The number of fused-ring (bicyclic) bond motifs is 1. The number of carbonyl (C=O) groups is 2. The number of aliphatic hydroxyl groups is 2. The van der Waals surface area contributed by atoms with Crippen LogP contribution in [0.25, 0.3) is 11.3 Å². The van der Waals surface area contributed by atoms with E-state index in [0.29, 0.717) is 0 Å². The normalized spacial score (nSPS) is 18.2. The molecule has 0 spiro atoms. The average Bonchev–Trinajstić information content (AvgIpc) is 3.35. The summed E-state index contributed by atoms with van der Waals surface area (Å²) in [5.74, 6) is -3.50. The lowest BCUT2D eigenvalue weighted by Gasteiger charge is -2.31. The van der Waals surface area contributed by atoms with Gasteiger partial charge in [0.1, 0.15) is 35.9 Å². The van der Waals surface area contributed by atoms with Crippen LogP contribution in [-0.2, 0) is 15.8 Å². The number of halogens is 7. The molecule has 2 aromatic carbocycles. The smallest absolute Gasteiger partial charge is 0.424 e. The molecule has 3 aromatic rings. The van der Waals surface area contributed by atoms with Crippen LogP contribution in [0.4, 0.5) is 30.7 Å². The molecule has 0 saturated carbocycles. The highest BCUT2D eigenvalue weighted by Crippen LogP contribution is 2.47. The fourth-order valence-electron chi connectivity index (χ4n) is 4.44. The van der Waals surface area contributed by atoms with Gasteiger partial charge in [-0.2, -0.15) is 26.3 Å². The number of ether oxygens (including phenoxy) is 3. The molecule has 17 heteroatoms. The minimum absolute atomic E-state index is 0.0823. The molecule has 0 saturated heterocycles. The van der Waals surface area contributed by atoms with Gasteiger partial charge >= 0.3 is 12.4 Å². The van der Waals surface area contributed by atoms with E-state index in [0.717, 1.165) is 43.5 Å². The summed E-state index contributed by atoms with van der Waals surface area (Å²) in [7, 11) is 1.08. The van der Waals surface area contributed by atoms with Crippen molar-refractivity contribution < 1.29 is 64.7 Å². The number of nitrogens with zero attached hydrogens (tertiary/aromatic N) is 1. The first kappa shape index (κ1) is 34.2. The van der Waals surface area contributed by atoms with E-state index in [-0.39, 0.29) is 46.2 Å². The molecule has 1 aliphatic rings. The highest BCUT2D eigenvalue weighted by Gasteiger charge is 2.57. The summed E-state index contributed by atoms with van der Waals surface area (Å²) in [6, 6.07) is 8.16. The van der Waals surface area contributed by atoms with Crippen molar-refractivity contribution in [3.63, 3.8) is 0 Å². The van der Waals surface area contributed by atoms with Crippen molar-refractivity contribution in [1.82, 2.24) is 10.3 Å². The van der Waals surface area contributed by atoms with E-state index in [2.05, 4.69) is 4.98 Å². The van der Waals surface area contributed by atoms with Crippen LogP contribution in [0.3, 0.4) is 0 Å². The molecule has 248 valence electrons. The molecule has 4 rings (SSSR count). The average molecular weight is 662 g/mol. The molecule has 0 aliphatic carbocycles. The lowest BCUT2D eigenvalue weighted by Crippen LogP contribution is -2.51. The van der Waals surface area contributed by atoms with Crippen LogP contribution < -0.4 is 25.3 Å². The van der Waals surface area contributed by atoms with E-state index < -0.39 is 65.9 Å². The number of hydrogen-bond acceptors (Lipinski definition) is 8. The predicted molar refractivity (Wildman–Crippen MR) is 145 cm³/mol. The number of amides is 2. The van der Waals surface area contributed by atoms with Crippen molar-refractivity contribution in [2.45, 2.75) is 36.4 Å². The third-order valence-electron chi connectivity index (χ3n) is 7.33. The highest BCUT2D eigenvalue weighted by molar-refractivity contribution is 5.95. The molecule has 3 atom stereocenters. The zero-order valence-corrected chi connectivity index (χ0v) is 23.9. The number of aromatic nitrogens is 1. The number of benzene rings is 2. The molecule has 10 nitrogen and oxygen atoms in total. The summed E-state index contributed by atoms with van der Waals surface area (Å²) in [5, 5.41) is 22.2. The van der Waals surface area contributed by atoms with Crippen LogP contribution in [0.5, 0.6) is 17.2 Å². The highest BCUT2D eigenvalue weighted by atomic mass is 19.4. The maximum Gasteiger partial charge on any atom is 0.424 e. The largest absolute Gasteiger partial charge is 0.493 e. The molecular weight excluding hydrogens is 635 g/mol. The molecule has 1 aromatic heterocycles. The Labute approximate surface area is 255 Å². The summed E-state index contributed by atoms with van der Waals surface area (Å²) >= 11 is 0. The van der Waals surface area contributed by atoms with Crippen LogP contribution in [0.2, 0.25) is 0 Å². The molecule has 0 bridgehead atoms. The second-order valence-electron chi connectivity index (χ2n) is 10.5. The van der Waals surface area contributed by atoms with Gasteiger partial charge in [0.05, 0.1) is 19.3 Å². The summed E-state index contributed by atoms with van der Waals surface area (Å²) in [4.78, 5) is 29.3. The Bertz CT molecular complexity index is 1630. The van der Waals surface area contributed by atoms with Crippen molar-refractivity contribution in [1.29, 1.82) is 0 Å². The molecule has 46 heavy (non-hydrogen) atoms. The predicted octanol–water partition coefficient (Wildman–Crippen LogP) is 3.51. The number of rotatable bonds is 10. The molecular formula is C29H26F7N3O7. The number of pyridine rings is 1. The van der Waals surface area contributed by atoms with Crippen molar-refractivity contribution in [3.05, 3.63) is 71.2 Å². The number of carbonyl (C=O) groups excluding carboxylic acids is 2. The number of nitrogens with one attached hydrogen (secondary N) is 1.